The molecule has 1 aromatic carbocycles. The summed E-state index contributed by atoms with van der Waals surface area (Å²) < 4.78 is 25.8. The van der Waals surface area contributed by atoms with Crippen LogP contribution in [0, 0.1) is 0 Å². The largest absolute Gasteiger partial charge is 0.329 e. The Kier molecular flexibility index (Phi) is 4.43. The molecule has 4 nitrogen and oxygen atoms in total. The first-order valence-electron chi connectivity index (χ1n) is 4.53. The molecule has 0 amide bonds. The Balaban J connectivity index is 3.01. The average Bonchev–Trinajstić information content (AvgIpc) is 2.22. The highest BCUT2D eigenvalue weighted by Gasteiger charge is 2.20. The van der Waals surface area contributed by atoms with Gasteiger partial charge in [-0.1, -0.05) is 23.2 Å². The molecule has 0 aromatic heterocycles. The zero-order chi connectivity index (χ0) is 12.3. The Labute approximate surface area is 105 Å². The molecule has 0 aliphatic carbocycles. The summed E-state index contributed by atoms with van der Waals surface area (Å²) in [7, 11) is -3.52. The van der Waals surface area contributed by atoms with E-state index in [1.54, 1.807) is 6.07 Å². The van der Waals surface area contributed by atoms with Crippen molar-refractivity contribution in [1.29, 1.82) is 0 Å². The molecule has 0 aliphatic heterocycles. The summed E-state index contributed by atoms with van der Waals surface area (Å²) in [6, 6.07) is 4.55. The van der Waals surface area contributed by atoms with Gasteiger partial charge in [-0.2, -0.15) is 0 Å². The molecule has 1 aromatic rings. The molecule has 0 saturated heterocycles. The Morgan fingerprint density at radius 2 is 2.06 bits per heavy atom. The zero-order valence-electron chi connectivity index (χ0n) is 8.57. The van der Waals surface area contributed by atoms with Gasteiger partial charge < -0.3 is 5.73 Å². The fourth-order valence-electron chi connectivity index (χ4n) is 0.956. The van der Waals surface area contributed by atoms with Crippen LogP contribution in [0.5, 0.6) is 0 Å². The van der Waals surface area contributed by atoms with Gasteiger partial charge in [-0.15, -0.1) is 0 Å². The summed E-state index contributed by atoms with van der Waals surface area (Å²) in [5.74, 6) is 0. The fourth-order valence-corrected chi connectivity index (χ4v) is 2.28. The van der Waals surface area contributed by atoms with E-state index in [0.717, 1.165) is 0 Å². The number of halogens is 2. The number of benzene rings is 1. The van der Waals surface area contributed by atoms with E-state index in [1.807, 2.05) is 0 Å². The van der Waals surface area contributed by atoms with Crippen LogP contribution in [0.1, 0.15) is 6.92 Å². The predicted octanol–water partition coefficient (Wildman–Crippen LogP) is 2.08. The minimum absolute atomic E-state index is 0.0352. The van der Waals surface area contributed by atoms with Crippen LogP contribution in [-0.2, 0) is 10.0 Å². The summed E-state index contributed by atoms with van der Waals surface area (Å²) in [6.07, 6.45) is 0. The van der Waals surface area contributed by atoms with E-state index in [-0.39, 0.29) is 17.3 Å². The molecular formula is C9H12Cl2N2O2S. The lowest BCUT2D eigenvalue weighted by molar-refractivity contribution is 0.589. The summed E-state index contributed by atoms with van der Waals surface area (Å²) >= 11 is 11.6. The molecule has 7 heteroatoms. The van der Waals surface area contributed by atoms with Gasteiger partial charge in [0.2, 0.25) is 10.0 Å². The van der Waals surface area contributed by atoms with Crippen molar-refractivity contribution >= 4 is 38.9 Å². The molecule has 0 aliphatic rings. The van der Waals surface area contributed by atoms with E-state index in [9.17, 15) is 8.42 Å². The van der Waals surface area contributed by atoms with Gasteiger partial charge in [0.1, 0.15) is 0 Å². The molecule has 0 fully saturated rings. The lowest BCUT2D eigenvalue weighted by Crippen LogP contribution is -2.31. The van der Waals surface area contributed by atoms with Crippen LogP contribution in [0.2, 0.25) is 10.0 Å². The van der Waals surface area contributed by atoms with Gasteiger partial charge in [-0.25, -0.2) is 8.42 Å². The highest BCUT2D eigenvalue weighted by atomic mass is 35.5. The van der Waals surface area contributed by atoms with Crippen LogP contribution in [0.3, 0.4) is 0 Å². The van der Waals surface area contributed by atoms with Crippen molar-refractivity contribution < 1.29 is 8.42 Å². The number of hydrogen-bond acceptors (Lipinski definition) is 3. The molecule has 0 bridgehead atoms. The van der Waals surface area contributed by atoms with Crippen molar-refractivity contribution in [3.8, 4) is 0 Å². The van der Waals surface area contributed by atoms with E-state index >= 15 is 0 Å². The Hall–Kier alpha value is -0.490. The molecule has 0 spiro atoms. The second-order valence-corrected chi connectivity index (χ2v) is 6.26. The third kappa shape index (κ3) is 3.25. The van der Waals surface area contributed by atoms with E-state index in [1.165, 1.54) is 19.1 Å². The summed E-state index contributed by atoms with van der Waals surface area (Å²) in [5, 5.41) is 0.00208. The average molecular weight is 283 g/mol. The topological polar surface area (TPSA) is 72.2 Å². The van der Waals surface area contributed by atoms with Crippen LogP contribution in [-0.4, -0.2) is 20.2 Å². The van der Waals surface area contributed by atoms with Crippen molar-refractivity contribution in [2.24, 2.45) is 5.73 Å². The Morgan fingerprint density at radius 3 is 2.62 bits per heavy atom. The van der Waals surface area contributed by atoms with Crippen molar-refractivity contribution in [2.75, 3.05) is 11.3 Å². The normalized spacial score (nSPS) is 13.5. The molecule has 1 atom stereocenters. The van der Waals surface area contributed by atoms with Gasteiger partial charge >= 0.3 is 0 Å². The second kappa shape index (κ2) is 5.23. The molecule has 3 N–H and O–H groups in total. The third-order valence-electron chi connectivity index (χ3n) is 2.04. The van der Waals surface area contributed by atoms with Crippen molar-refractivity contribution in [2.45, 2.75) is 12.2 Å². The molecule has 90 valence electrons. The number of hydrogen-bond donors (Lipinski definition) is 2. The smallest absolute Gasteiger partial charge is 0.236 e. The first-order valence-corrected chi connectivity index (χ1v) is 6.84. The van der Waals surface area contributed by atoms with E-state index < -0.39 is 15.3 Å². The SMILES string of the molecule is CC(CN)S(=O)(=O)Nc1cc(Cl)ccc1Cl. The molecular weight excluding hydrogens is 271 g/mol. The predicted molar refractivity (Wildman–Crippen MR) is 67.5 cm³/mol. The van der Waals surface area contributed by atoms with Crippen LogP contribution < -0.4 is 10.5 Å². The summed E-state index contributed by atoms with van der Waals surface area (Å²) in [6.45, 7) is 1.55. The van der Waals surface area contributed by atoms with Gasteiger partial charge in [0.05, 0.1) is 16.0 Å². The minimum atomic E-state index is -3.52. The highest BCUT2D eigenvalue weighted by molar-refractivity contribution is 7.93. The first-order chi connectivity index (χ1) is 7.36. The number of rotatable bonds is 4. The maximum atomic E-state index is 11.7. The molecule has 16 heavy (non-hydrogen) atoms. The number of sulfonamides is 1. The molecule has 0 saturated carbocycles. The van der Waals surface area contributed by atoms with E-state index in [0.29, 0.717) is 5.02 Å². The van der Waals surface area contributed by atoms with Gasteiger partial charge in [-0.3, -0.25) is 4.72 Å². The molecule has 1 rings (SSSR count). The minimum Gasteiger partial charge on any atom is -0.329 e. The molecule has 0 heterocycles. The lowest BCUT2D eigenvalue weighted by atomic mass is 10.3. The standard InChI is InChI=1S/C9H12Cl2N2O2S/c1-6(5-12)16(14,15)13-9-4-7(10)2-3-8(9)11/h2-4,6,13H,5,12H2,1H3. The summed E-state index contributed by atoms with van der Waals surface area (Å²) in [5.41, 5.74) is 5.56. The number of nitrogens with two attached hydrogens (primary N) is 1. The van der Waals surface area contributed by atoms with Crippen LogP contribution in [0.25, 0.3) is 0 Å². The summed E-state index contributed by atoms with van der Waals surface area (Å²) in [4.78, 5) is 0. The number of nitrogens with one attached hydrogen (secondary N) is 1. The Morgan fingerprint density at radius 1 is 1.44 bits per heavy atom. The van der Waals surface area contributed by atoms with Crippen molar-refractivity contribution in [3.05, 3.63) is 28.2 Å². The monoisotopic (exact) mass is 282 g/mol. The lowest BCUT2D eigenvalue weighted by Gasteiger charge is -2.13. The van der Waals surface area contributed by atoms with Gasteiger partial charge in [0.25, 0.3) is 0 Å². The van der Waals surface area contributed by atoms with Gasteiger partial charge in [0, 0.05) is 11.6 Å². The van der Waals surface area contributed by atoms with E-state index in [2.05, 4.69) is 4.72 Å². The van der Waals surface area contributed by atoms with Crippen molar-refractivity contribution in [1.82, 2.24) is 0 Å². The Bertz CT molecular complexity index is 476. The van der Waals surface area contributed by atoms with Crippen LogP contribution in [0.15, 0.2) is 18.2 Å². The first kappa shape index (κ1) is 13.6. The second-order valence-electron chi connectivity index (χ2n) is 3.32. The fraction of sp³-hybridized carbons (Fsp3) is 0.333. The third-order valence-corrected chi connectivity index (χ3v) is 4.36. The van der Waals surface area contributed by atoms with Crippen LogP contribution >= 0.6 is 23.2 Å². The van der Waals surface area contributed by atoms with Gasteiger partial charge in [0.15, 0.2) is 0 Å². The van der Waals surface area contributed by atoms with Gasteiger partial charge in [-0.05, 0) is 25.1 Å². The van der Waals surface area contributed by atoms with Crippen LogP contribution in [0.4, 0.5) is 5.69 Å². The maximum Gasteiger partial charge on any atom is 0.236 e. The number of anilines is 1. The van der Waals surface area contributed by atoms with E-state index in [4.69, 9.17) is 28.9 Å². The maximum absolute atomic E-state index is 11.7. The van der Waals surface area contributed by atoms with Crippen molar-refractivity contribution in [3.63, 3.8) is 0 Å². The highest BCUT2D eigenvalue weighted by Crippen LogP contribution is 2.26. The molecule has 0 radical (unpaired) electrons. The zero-order valence-corrected chi connectivity index (χ0v) is 10.9. The molecule has 1 unspecified atom stereocenters. The quantitative estimate of drug-likeness (QED) is 0.888.